The zero-order valence-electron chi connectivity index (χ0n) is 15.3. The highest BCUT2D eigenvalue weighted by atomic mass is 35.5. The summed E-state index contributed by atoms with van der Waals surface area (Å²) in [5.74, 6) is 0.298. The molecule has 0 aliphatic rings. The van der Waals surface area contributed by atoms with Crippen molar-refractivity contribution in [3.8, 4) is 0 Å². The van der Waals surface area contributed by atoms with Crippen LogP contribution >= 0.6 is 24.8 Å². The second kappa shape index (κ2) is 10.2. The predicted octanol–water partition coefficient (Wildman–Crippen LogP) is 2.71. The highest BCUT2D eigenvalue weighted by molar-refractivity contribution is 5.96. The molecule has 0 saturated heterocycles. The van der Waals surface area contributed by atoms with Crippen molar-refractivity contribution in [2.24, 2.45) is 11.7 Å². The fraction of sp³-hybridized carbons (Fsp3) is 0.333. The number of fused-ring (bicyclic) bond motifs is 1. The van der Waals surface area contributed by atoms with Crippen LogP contribution in [0.2, 0.25) is 0 Å². The number of hydrogen-bond acceptors (Lipinski definition) is 5. The fourth-order valence-corrected chi connectivity index (χ4v) is 2.62. The van der Waals surface area contributed by atoms with E-state index in [9.17, 15) is 4.79 Å². The molecule has 0 atom stereocenters. The van der Waals surface area contributed by atoms with Crippen LogP contribution in [0.15, 0.2) is 36.9 Å². The Morgan fingerprint density at radius 1 is 1.22 bits per heavy atom. The van der Waals surface area contributed by atoms with Crippen LogP contribution in [0.1, 0.15) is 35.5 Å². The van der Waals surface area contributed by atoms with E-state index in [2.05, 4.69) is 34.1 Å². The standard InChI is InChI=1S/C18H22N6O.2ClH/c1-12(2)10-24-11-23-16-6-14(8-21-17(16)24)18(25)22-9-15-5-13(7-19)3-4-20-15;;/h3-6,8,11-12H,7,9-10,19H2,1-2H3,(H,22,25);2*1H. The van der Waals surface area contributed by atoms with Crippen molar-refractivity contribution in [1.82, 2.24) is 24.8 Å². The molecule has 0 aliphatic heterocycles. The summed E-state index contributed by atoms with van der Waals surface area (Å²) in [5.41, 5.74) is 9.37. The lowest BCUT2D eigenvalue weighted by Crippen LogP contribution is -2.23. The summed E-state index contributed by atoms with van der Waals surface area (Å²) in [6.45, 7) is 5.91. The average molecular weight is 411 g/mol. The van der Waals surface area contributed by atoms with E-state index in [0.717, 1.165) is 29.0 Å². The van der Waals surface area contributed by atoms with Gasteiger partial charge in [0.25, 0.3) is 5.91 Å². The zero-order valence-corrected chi connectivity index (χ0v) is 16.9. The van der Waals surface area contributed by atoms with Crippen molar-refractivity contribution in [2.45, 2.75) is 33.5 Å². The largest absolute Gasteiger partial charge is 0.346 e. The first kappa shape index (κ1) is 22.8. The number of nitrogens with one attached hydrogen (secondary N) is 1. The van der Waals surface area contributed by atoms with E-state index in [1.54, 1.807) is 24.8 Å². The average Bonchev–Trinajstić information content (AvgIpc) is 3.01. The van der Waals surface area contributed by atoms with Crippen LogP contribution in [0.4, 0.5) is 0 Å². The first-order valence-corrected chi connectivity index (χ1v) is 8.29. The lowest BCUT2D eigenvalue weighted by atomic mass is 10.2. The number of hydrogen-bond donors (Lipinski definition) is 2. The molecule has 0 bridgehead atoms. The van der Waals surface area contributed by atoms with Gasteiger partial charge in [0.2, 0.25) is 0 Å². The van der Waals surface area contributed by atoms with Gasteiger partial charge < -0.3 is 15.6 Å². The van der Waals surface area contributed by atoms with Crippen molar-refractivity contribution in [3.05, 3.63) is 53.7 Å². The molecule has 7 nitrogen and oxygen atoms in total. The molecule has 146 valence electrons. The topological polar surface area (TPSA) is 98.7 Å². The number of pyridine rings is 2. The van der Waals surface area contributed by atoms with E-state index in [1.165, 1.54) is 0 Å². The lowest BCUT2D eigenvalue weighted by Gasteiger charge is -2.07. The summed E-state index contributed by atoms with van der Waals surface area (Å²) in [7, 11) is 0. The van der Waals surface area contributed by atoms with E-state index in [1.807, 2.05) is 16.7 Å². The number of carbonyl (C=O) groups excluding carboxylic acids is 1. The van der Waals surface area contributed by atoms with Gasteiger partial charge in [-0.25, -0.2) is 9.97 Å². The van der Waals surface area contributed by atoms with Gasteiger partial charge in [-0.2, -0.15) is 0 Å². The molecule has 9 heteroatoms. The van der Waals surface area contributed by atoms with Crippen molar-refractivity contribution in [1.29, 1.82) is 0 Å². The van der Waals surface area contributed by atoms with Crippen molar-refractivity contribution in [3.63, 3.8) is 0 Å². The quantitative estimate of drug-likeness (QED) is 0.650. The Balaban J connectivity index is 0.00000182. The number of carbonyl (C=O) groups is 1. The number of nitrogens with two attached hydrogens (primary N) is 1. The van der Waals surface area contributed by atoms with Crippen LogP contribution in [-0.4, -0.2) is 25.4 Å². The zero-order chi connectivity index (χ0) is 17.8. The first-order valence-electron chi connectivity index (χ1n) is 8.29. The lowest BCUT2D eigenvalue weighted by molar-refractivity contribution is 0.0950. The van der Waals surface area contributed by atoms with Crippen molar-refractivity contribution >= 4 is 41.9 Å². The second-order valence-corrected chi connectivity index (χ2v) is 6.40. The first-order chi connectivity index (χ1) is 12.1. The maximum absolute atomic E-state index is 12.4. The minimum atomic E-state index is -0.201. The molecular formula is C18H24Cl2N6O. The van der Waals surface area contributed by atoms with E-state index in [0.29, 0.717) is 24.6 Å². The minimum Gasteiger partial charge on any atom is -0.346 e. The Bertz CT molecular complexity index is 896. The molecule has 0 radical (unpaired) electrons. The maximum atomic E-state index is 12.4. The van der Waals surface area contributed by atoms with Crippen LogP contribution in [0.25, 0.3) is 11.2 Å². The van der Waals surface area contributed by atoms with E-state index in [-0.39, 0.29) is 30.7 Å². The van der Waals surface area contributed by atoms with Crippen molar-refractivity contribution in [2.75, 3.05) is 0 Å². The van der Waals surface area contributed by atoms with Crippen LogP contribution in [-0.2, 0) is 19.6 Å². The third kappa shape index (κ3) is 5.63. The van der Waals surface area contributed by atoms with Crippen LogP contribution < -0.4 is 11.1 Å². The molecule has 3 heterocycles. The summed E-state index contributed by atoms with van der Waals surface area (Å²) in [6, 6.07) is 5.50. The Labute approximate surface area is 170 Å². The highest BCUT2D eigenvalue weighted by Gasteiger charge is 2.11. The van der Waals surface area contributed by atoms with Gasteiger partial charge in [-0.05, 0) is 29.7 Å². The summed E-state index contributed by atoms with van der Waals surface area (Å²) in [4.78, 5) is 25.3. The van der Waals surface area contributed by atoms with Gasteiger partial charge in [0.05, 0.1) is 24.1 Å². The highest BCUT2D eigenvalue weighted by Crippen LogP contribution is 2.14. The van der Waals surface area contributed by atoms with Crippen LogP contribution in [0.3, 0.4) is 0 Å². The van der Waals surface area contributed by atoms with Gasteiger partial charge in [-0.1, -0.05) is 13.8 Å². The molecule has 3 N–H and O–H groups in total. The Kier molecular flexibility index (Phi) is 8.62. The van der Waals surface area contributed by atoms with E-state index >= 15 is 0 Å². The van der Waals surface area contributed by atoms with Gasteiger partial charge in [-0.3, -0.25) is 9.78 Å². The molecule has 0 unspecified atom stereocenters. The van der Waals surface area contributed by atoms with Crippen molar-refractivity contribution < 1.29 is 4.79 Å². The number of halogens is 2. The smallest absolute Gasteiger partial charge is 0.253 e. The Morgan fingerprint density at radius 3 is 2.70 bits per heavy atom. The van der Waals surface area contributed by atoms with Crippen LogP contribution in [0, 0.1) is 5.92 Å². The number of imidazole rings is 1. The molecule has 0 saturated carbocycles. The summed E-state index contributed by atoms with van der Waals surface area (Å²) in [5, 5.41) is 2.85. The summed E-state index contributed by atoms with van der Waals surface area (Å²) in [6.07, 6.45) is 5.04. The summed E-state index contributed by atoms with van der Waals surface area (Å²) < 4.78 is 2.00. The molecule has 3 aromatic rings. The maximum Gasteiger partial charge on any atom is 0.253 e. The number of rotatable bonds is 6. The Hall–Kier alpha value is -2.22. The summed E-state index contributed by atoms with van der Waals surface area (Å²) >= 11 is 0. The van der Waals surface area contributed by atoms with Gasteiger partial charge in [-0.15, -0.1) is 24.8 Å². The number of aromatic nitrogens is 4. The molecular weight excluding hydrogens is 387 g/mol. The predicted molar refractivity (Wildman–Crippen MR) is 110 cm³/mol. The van der Waals surface area contributed by atoms with E-state index in [4.69, 9.17) is 5.73 Å². The molecule has 0 spiro atoms. The molecule has 0 aromatic carbocycles. The number of nitrogens with zero attached hydrogens (tertiary/aromatic N) is 4. The van der Waals surface area contributed by atoms with Gasteiger partial charge in [0.1, 0.15) is 5.52 Å². The molecule has 3 aromatic heterocycles. The fourth-order valence-electron chi connectivity index (χ4n) is 2.62. The van der Waals surface area contributed by atoms with Crippen LogP contribution in [0.5, 0.6) is 0 Å². The third-order valence-corrected chi connectivity index (χ3v) is 3.83. The van der Waals surface area contributed by atoms with E-state index < -0.39 is 0 Å². The van der Waals surface area contributed by atoms with Gasteiger partial charge >= 0.3 is 0 Å². The molecule has 27 heavy (non-hydrogen) atoms. The van der Waals surface area contributed by atoms with Gasteiger partial charge in [0, 0.05) is 25.5 Å². The minimum absolute atomic E-state index is 0. The third-order valence-electron chi connectivity index (χ3n) is 3.83. The number of amides is 1. The molecule has 0 aliphatic carbocycles. The monoisotopic (exact) mass is 410 g/mol. The molecule has 0 fully saturated rings. The Morgan fingerprint density at radius 2 is 2.00 bits per heavy atom. The van der Waals surface area contributed by atoms with Gasteiger partial charge in [0.15, 0.2) is 5.65 Å². The molecule has 1 amide bonds. The molecule has 3 rings (SSSR count). The second-order valence-electron chi connectivity index (χ2n) is 6.40. The normalized spacial score (nSPS) is 10.4. The SMILES string of the molecule is CC(C)Cn1cnc2cc(C(=O)NCc3cc(CN)ccn3)cnc21.Cl.Cl.